The van der Waals surface area contributed by atoms with E-state index in [1.807, 2.05) is 36.4 Å². The molecular formula is C17H17BrO4. The smallest absolute Gasteiger partial charge is 0.161 e. The lowest BCUT2D eigenvalue weighted by Crippen LogP contribution is -2.13. The number of hydrogen-bond donors (Lipinski definition) is 1. The number of aliphatic hydroxyl groups is 1. The van der Waals surface area contributed by atoms with Crippen LogP contribution in [0.15, 0.2) is 40.9 Å². The number of aliphatic hydroxyl groups excluding tert-OH is 1. The first-order valence-electron chi connectivity index (χ1n) is 6.96. The summed E-state index contributed by atoms with van der Waals surface area (Å²) >= 11 is 3.47. The third kappa shape index (κ3) is 2.55. The second kappa shape index (κ2) is 6.18. The first-order chi connectivity index (χ1) is 10.7. The van der Waals surface area contributed by atoms with Gasteiger partial charge in [-0.2, -0.15) is 0 Å². The second-order valence-electron chi connectivity index (χ2n) is 5.12. The number of hydrogen-bond acceptors (Lipinski definition) is 4. The summed E-state index contributed by atoms with van der Waals surface area (Å²) < 4.78 is 17.6. The van der Waals surface area contributed by atoms with Gasteiger partial charge in [-0.1, -0.05) is 22.0 Å². The van der Waals surface area contributed by atoms with Crippen molar-refractivity contribution in [2.45, 2.75) is 12.0 Å². The van der Waals surface area contributed by atoms with Crippen LogP contribution >= 0.6 is 15.9 Å². The Bertz CT molecular complexity index is 686. The third-order valence-corrected chi connectivity index (χ3v) is 4.42. The minimum absolute atomic E-state index is 0.0163. The normalized spacial score (nSPS) is 19.5. The molecular weight excluding hydrogens is 348 g/mol. The molecule has 2 aromatic rings. The molecule has 0 spiro atoms. The molecule has 2 aromatic carbocycles. The van der Waals surface area contributed by atoms with Crippen LogP contribution < -0.4 is 14.2 Å². The molecule has 1 aliphatic rings. The lowest BCUT2D eigenvalue weighted by molar-refractivity contribution is 0.159. The molecule has 0 aliphatic carbocycles. The molecule has 3 rings (SSSR count). The van der Waals surface area contributed by atoms with E-state index in [-0.39, 0.29) is 18.6 Å². The first kappa shape index (κ1) is 15.2. The lowest BCUT2D eigenvalue weighted by atomic mass is 9.92. The number of methoxy groups -OCH3 is 2. The van der Waals surface area contributed by atoms with Gasteiger partial charge in [-0.15, -0.1) is 0 Å². The Kier molecular flexibility index (Phi) is 4.27. The molecule has 0 fully saturated rings. The molecule has 4 nitrogen and oxygen atoms in total. The molecule has 1 N–H and O–H groups in total. The lowest BCUT2D eigenvalue weighted by Gasteiger charge is -2.19. The molecule has 0 radical (unpaired) electrons. The summed E-state index contributed by atoms with van der Waals surface area (Å²) in [4.78, 5) is 0. The van der Waals surface area contributed by atoms with Gasteiger partial charge in [-0.05, 0) is 35.9 Å². The summed E-state index contributed by atoms with van der Waals surface area (Å²) in [5.41, 5.74) is 1.96. The van der Waals surface area contributed by atoms with Crippen molar-refractivity contribution in [1.82, 2.24) is 0 Å². The Morgan fingerprint density at radius 2 is 1.86 bits per heavy atom. The zero-order valence-electron chi connectivity index (χ0n) is 12.4. The highest BCUT2D eigenvalue weighted by atomic mass is 79.9. The van der Waals surface area contributed by atoms with Crippen LogP contribution in [0, 0.1) is 0 Å². The number of fused-ring (bicyclic) bond motifs is 1. The van der Waals surface area contributed by atoms with Crippen molar-refractivity contribution >= 4 is 15.9 Å². The molecule has 2 atom stereocenters. The van der Waals surface area contributed by atoms with E-state index in [0.717, 1.165) is 21.3 Å². The van der Waals surface area contributed by atoms with Gasteiger partial charge in [0, 0.05) is 10.0 Å². The SMILES string of the molecule is COc1ccc([C@H]2Oc3ccc(Br)cc3[C@@H]2CO)cc1OC. The number of ether oxygens (including phenoxy) is 3. The fourth-order valence-electron chi connectivity index (χ4n) is 2.82. The Balaban J connectivity index is 1.99. The summed E-state index contributed by atoms with van der Waals surface area (Å²) in [6.07, 6.45) is -0.242. The van der Waals surface area contributed by atoms with Crippen LogP contribution in [0.1, 0.15) is 23.1 Å². The second-order valence-corrected chi connectivity index (χ2v) is 6.04. The molecule has 0 saturated carbocycles. The van der Waals surface area contributed by atoms with Crippen LogP contribution in [-0.2, 0) is 0 Å². The van der Waals surface area contributed by atoms with Gasteiger partial charge in [0.1, 0.15) is 11.9 Å². The number of benzene rings is 2. The van der Waals surface area contributed by atoms with Crippen LogP contribution in [0.3, 0.4) is 0 Å². The standard InChI is InChI=1S/C17H17BrO4/c1-20-15-5-3-10(7-16(15)21-2)17-13(9-19)12-8-11(18)4-6-14(12)22-17/h3-8,13,17,19H,9H2,1-2H3/t13-,17+/m0/s1. The maximum atomic E-state index is 9.81. The van der Waals surface area contributed by atoms with Gasteiger partial charge in [0.2, 0.25) is 0 Å². The molecule has 1 heterocycles. The van der Waals surface area contributed by atoms with Crippen molar-refractivity contribution in [3.63, 3.8) is 0 Å². The zero-order chi connectivity index (χ0) is 15.7. The summed E-state index contributed by atoms with van der Waals surface area (Å²) in [6, 6.07) is 11.5. The average molecular weight is 365 g/mol. The molecule has 22 heavy (non-hydrogen) atoms. The average Bonchev–Trinajstić information content (AvgIpc) is 2.91. The van der Waals surface area contributed by atoms with E-state index in [1.165, 1.54) is 0 Å². The van der Waals surface area contributed by atoms with Gasteiger partial charge in [-0.25, -0.2) is 0 Å². The molecule has 0 unspecified atom stereocenters. The van der Waals surface area contributed by atoms with Gasteiger partial charge in [0.25, 0.3) is 0 Å². The van der Waals surface area contributed by atoms with Crippen LogP contribution in [-0.4, -0.2) is 25.9 Å². The monoisotopic (exact) mass is 364 g/mol. The minimum Gasteiger partial charge on any atom is -0.493 e. The van der Waals surface area contributed by atoms with E-state index in [0.29, 0.717) is 11.5 Å². The van der Waals surface area contributed by atoms with Gasteiger partial charge in [-0.3, -0.25) is 0 Å². The van der Waals surface area contributed by atoms with Crippen molar-refractivity contribution in [2.24, 2.45) is 0 Å². The quantitative estimate of drug-likeness (QED) is 0.898. The molecule has 116 valence electrons. The molecule has 0 aromatic heterocycles. The van der Waals surface area contributed by atoms with Crippen LogP contribution in [0.5, 0.6) is 17.2 Å². The van der Waals surface area contributed by atoms with Crippen LogP contribution in [0.2, 0.25) is 0 Å². The largest absolute Gasteiger partial charge is 0.493 e. The van der Waals surface area contributed by atoms with Gasteiger partial charge in [0.15, 0.2) is 11.5 Å². The Morgan fingerprint density at radius 3 is 2.55 bits per heavy atom. The third-order valence-electron chi connectivity index (χ3n) is 3.92. The van der Waals surface area contributed by atoms with Crippen LogP contribution in [0.25, 0.3) is 0 Å². The Hall–Kier alpha value is -1.72. The van der Waals surface area contributed by atoms with Gasteiger partial charge < -0.3 is 19.3 Å². The van der Waals surface area contributed by atoms with Crippen molar-refractivity contribution in [1.29, 1.82) is 0 Å². The Morgan fingerprint density at radius 1 is 1.09 bits per heavy atom. The predicted molar refractivity (Wildman–Crippen MR) is 86.9 cm³/mol. The highest BCUT2D eigenvalue weighted by Crippen LogP contribution is 2.47. The molecule has 0 amide bonds. The summed E-state index contributed by atoms with van der Waals surface area (Å²) in [7, 11) is 3.21. The predicted octanol–water partition coefficient (Wildman–Crippen LogP) is 3.68. The summed E-state index contributed by atoms with van der Waals surface area (Å²) in [5.74, 6) is 2.02. The number of halogens is 1. The van der Waals surface area contributed by atoms with E-state index in [9.17, 15) is 5.11 Å². The van der Waals surface area contributed by atoms with Crippen molar-refractivity contribution in [3.05, 3.63) is 52.0 Å². The maximum absolute atomic E-state index is 9.81. The summed E-state index contributed by atoms with van der Waals surface area (Å²) in [5, 5.41) is 9.81. The number of rotatable bonds is 4. The highest BCUT2D eigenvalue weighted by Gasteiger charge is 2.35. The van der Waals surface area contributed by atoms with Gasteiger partial charge >= 0.3 is 0 Å². The fourth-order valence-corrected chi connectivity index (χ4v) is 3.20. The molecule has 1 aliphatic heterocycles. The summed E-state index contributed by atoms with van der Waals surface area (Å²) in [6.45, 7) is 0.0163. The van der Waals surface area contributed by atoms with Crippen molar-refractivity contribution in [3.8, 4) is 17.2 Å². The first-order valence-corrected chi connectivity index (χ1v) is 7.76. The van der Waals surface area contributed by atoms with E-state index in [2.05, 4.69) is 15.9 Å². The van der Waals surface area contributed by atoms with E-state index < -0.39 is 0 Å². The van der Waals surface area contributed by atoms with Crippen molar-refractivity contribution in [2.75, 3.05) is 20.8 Å². The van der Waals surface area contributed by atoms with E-state index >= 15 is 0 Å². The highest BCUT2D eigenvalue weighted by molar-refractivity contribution is 9.10. The molecule has 0 bridgehead atoms. The zero-order valence-corrected chi connectivity index (χ0v) is 14.0. The van der Waals surface area contributed by atoms with Gasteiger partial charge in [0.05, 0.1) is 26.7 Å². The van der Waals surface area contributed by atoms with Crippen molar-refractivity contribution < 1.29 is 19.3 Å². The topological polar surface area (TPSA) is 47.9 Å². The molecule has 0 saturated heterocycles. The van der Waals surface area contributed by atoms with E-state index in [1.54, 1.807) is 14.2 Å². The van der Waals surface area contributed by atoms with Crippen LogP contribution in [0.4, 0.5) is 0 Å². The Labute approximate surface area is 137 Å². The molecule has 5 heteroatoms. The van der Waals surface area contributed by atoms with E-state index in [4.69, 9.17) is 14.2 Å². The maximum Gasteiger partial charge on any atom is 0.161 e. The minimum atomic E-state index is -0.242. The fraction of sp³-hybridized carbons (Fsp3) is 0.294.